The zero-order valence-electron chi connectivity index (χ0n) is 13.0. The third-order valence-electron chi connectivity index (χ3n) is 3.21. The summed E-state index contributed by atoms with van der Waals surface area (Å²) in [6, 6.07) is 1.90. The fraction of sp³-hybridized carbons (Fsp3) is 0.571. The Kier molecular flexibility index (Phi) is 6.21. The number of hydrogen-bond donors (Lipinski definition) is 1. The number of nitriles is 1. The molecule has 0 amide bonds. The van der Waals surface area contributed by atoms with E-state index >= 15 is 0 Å². The maximum atomic E-state index is 11.9. The molecule has 0 atom stereocenters. The normalized spacial score (nSPS) is 16.9. The van der Waals surface area contributed by atoms with Gasteiger partial charge in [0.2, 0.25) is 0 Å². The van der Waals surface area contributed by atoms with Crippen LogP contribution in [-0.4, -0.2) is 44.5 Å². The van der Waals surface area contributed by atoms with Gasteiger partial charge in [-0.2, -0.15) is 5.26 Å². The Labute approximate surface area is 124 Å². The molecule has 7 heteroatoms. The van der Waals surface area contributed by atoms with E-state index in [4.69, 9.17) is 14.2 Å². The summed E-state index contributed by atoms with van der Waals surface area (Å²) in [5.74, 6) is -0.258. The predicted octanol–water partition coefficient (Wildman–Crippen LogP) is 1.06. The third kappa shape index (κ3) is 3.74. The molecule has 0 radical (unpaired) electrons. The van der Waals surface area contributed by atoms with Gasteiger partial charge < -0.3 is 24.4 Å². The van der Waals surface area contributed by atoms with Gasteiger partial charge in [0.15, 0.2) is 11.9 Å². The summed E-state index contributed by atoms with van der Waals surface area (Å²) < 4.78 is 15.3. The average Bonchev–Trinajstić information content (AvgIpc) is 2.73. The summed E-state index contributed by atoms with van der Waals surface area (Å²) in [7, 11) is 3.06. The number of ether oxygens (including phenoxy) is 3. The molecule has 0 saturated carbocycles. The molecule has 1 aliphatic rings. The monoisotopic (exact) mass is 295 g/mol. The van der Waals surface area contributed by atoms with E-state index in [1.165, 1.54) is 14.2 Å². The summed E-state index contributed by atoms with van der Waals surface area (Å²) in [4.78, 5) is 13.7. The zero-order chi connectivity index (χ0) is 16.0. The molecule has 0 aromatic rings. The predicted molar refractivity (Wildman–Crippen MR) is 75.3 cm³/mol. The van der Waals surface area contributed by atoms with Gasteiger partial charge >= 0.3 is 5.97 Å². The number of esters is 1. The van der Waals surface area contributed by atoms with Crippen molar-refractivity contribution in [3.63, 3.8) is 0 Å². The van der Waals surface area contributed by atoms with E-state index in [1.54, 1.807) is 11.8 Å². The topological polar surface area (TPSA) is 83.8 Å². The van der Waals surface area contributed by atoms with Gasteiger partial charge in [-0.25, -0.2) is 4.79 Å². The maximum absolute atomic E-state index is 11.9. The molecule has 1 aliphatic heterocycles. The third-order valence-corrected chi connectivity index (χ3v) is 3.21. The maximum Gasteiger partial charge on any atom is 0.352 e. The molecule has 1 rings (SSSR count). The van der Waals surface area contributed by atoms with Gasteiger partial charge in [0.05, 0.1) is 13.2 Å². The molecule has 1 N–H and O–H groups in total. The van der Waals surface area contributed by atoms with Crippen LogP contribution in [0.2, 0.25) is 0 Å². The first-order valence-corrected chi connectivity index (χ1v) is 6.59. The molecule has 0 spiro atoms. The van der Waals surface area contributed by atoms with Crippen molar-refractivity contribution in [2.45, 2.75) is 27.1 Å². The molecule has 0 aliphatic carbocycles. The second-order valence-corrected chi connectivity index (χ2v) is 4.40. The van der Waals surface area contributed by atoms with Crippen LogP contribution < -0.4 is 5.32 Å². The number of carbonyl (C=O) groups is 1. The van der Waals surface area contributed by atoms with E-state index in [-0.39, 0.29) is 12.2 Å². The number of methoxy groups -OCH3 is 2. The van der Waals surface area contributed by atoms with Crippen molar-refractivity contribution in [3.8, 4) is 6.07 Å². The highest BCUT2D eigenvalue weighted by Crippen LogP contribution is 2.25. The summed E-state index contributed by atoms with van der Waals surface area (Å²) in [5, 5.41) is 12.3. The SMILES string of the molecule is CCOC(=O)/C(C#N)=C1\NC(C)=C(C)N1CC(OC)OC. The van der Waals surface area contributed by atoms with Crippen molar-refractivity contribution < 1.29 is 19.0 Å². The van der Waals surface area contributed by atoms with Gasteiger partial charge in [0.1, 0.15) is 11.9 Å². The first-order chi connectivity index (χ1) is 9.99. The smallest absolute Gasteiger partial charge is 0.352 e. The minimum Gasteiger partial charge on any atom is -0.462 e. The Morgan fingerprint density at radius 3 is 2.48 bits per heavy atom. The standard InChI is InChI=1S/C14H21N3O4/c1-6-21-14(18)11(7-15)13-16-9(2)10(3)17(13)8-12(19-4)20-5/h12,16H,6,8H2,1-5H3/b13-11+. The van der Waals surface area contributed by atoms with Crippen molar-refractivity contribution in [1.82, 2.24) is 10.2 Å². The second kappa shape index (κ2) is 7.67. The molecule has 21 heavy (non-hydrogen) atoms. The van der Waals surface area contributed by atoms with Gasteiger partial charge in [0, 0.05) is 25.6 Å². The van der Waals surface area contributed by atoms with Crippen LogP contribution in [0.5, 0.6) is 0 Å². The van der Waals surface area contributed by atoms with Gasteiger partial charge in [-0.05, 0) is 20.8 Å². The van der Waals surface area contributed by atoms with Gasteiger partial charge in [0.25, 0.3) is 0 Å². The van der Waals surface area contributed by atoms with Crippen molar-refractivity contribution in [1.29, 1.82) is 5.26 Å². The van der Waals surface area contributed by atoms with E-state index in [9.17, 15) is 10.1 Å². The van der Waals surface area contributed by atoms with Crippen molar-refractivity contribution in [3.05, 3.63) is 22.8 Å². The van der Waals surface area contributed by atoms with E-state index in [0.717, 1.165) is 11.4 Å². The number of hydrogen-bond acceptors (Lipinski definition) is 7. The lowest BCUT2D eigenvalue weighted by Crippen LogP contribution is -2.34. The summed E-state index contributed by atoms with van der Waals surface area (Å²) >= 11 is 0. The van der Waals surface area contributed by atoms with Gasteiger partial charge in [-0.15, -0.1) is 0 Å². The highest BCUT2D eigenvalue weighted by Gasteiger charge is 2.30. The molecular formula is C14H21N3O4. The van der Waals surface area contributed by atoms with Crippen LogP contribution in [0.1, 0.15) is 20.8 Å². The first kappa shape index (κ1) is 17.0. The van der Waals surface area contributed by atoms with Crippen LogP contribution in [0.3, 0.4) is 0 Å². The summed E-state index contributed by atoms with van der Waals surface area (Å²) in [5.41, 5.74) is 1.67. The van der Waals surface area contributed by atoms with Crippen LogP contribution in [0.15, 0.2) is 22.8 Å². The molecular weight excluding hydrogens is 274 g/mol. The highest BCUT2D eigenvalue weighted by atomic mass is 16.7. The number of carbonyl (C=O) groups excluding carboxylic acids is 1. The largest absolute Gasteiger partial charge is 0.462 e. The quantitative estimate of drug-likeness (QED) is 0.339. The molecule has 116 valence electrons. The lowest BCUT2D eigenvalue weighted by Gasteiger charge is -2.25. The Hall–Kier alpha value is -2.04. The average molecular weight is 295 g/mol. The van der Waals surface area contributed by atoms with Crippen molar-refractivity contribution in [2.24, 2.45) is 0 Å². The molecule has 0 fully saturated rings. The lowest BCUT2D eigenvalue weighted by molar-refractivity contribution is -0.138. The minimum atomic E-state index is -0.651. The van der Waals surface area contributed by atoms with Crippen molar-refractivity contribution >= 4 is 5.97 Å². The molecule has 0 bridgehead atoms. The number of allylic oxidation sites excluding steroid dienone is 2. The molecule has 1 heterocycles. The number of rotatable bonds is 6. The molecule has 0 aromatic heterocycles. The lowest BCUT2D eigenvalue weighted by atomic mass is 10.2. The van der Waals surface area contributed by atoms with E-state index in [2.05, 4.69) is 5.32 Å². The molecule has 0 unspecified atom stereocenters. The Morgan fingerprint density at radius 1 is 1.38 bits per heavy atom. The first-order valence-electron chi connectivity index (χ1n) is 6.59. The number of nitrogens with one attached hydrogen (secondary N) is 1. The molecule has 0 aromatic carbocycles. The highest BCUT2D eigenvalue weighted by molar-refractivity contribution is 5.93. The fourth-order valence-corrected chi connectivity index (χ4v) is 1.92. The Balaban J connectivity index is 3.15. The van der Waals surface area contributed by atoms with E-state index in [0.29, 0.717) is 12.4 Å². The van der Waals surface area contributed by atoms with E-state index < -0.39 is 12.3 Å². The van der Waals surface area contributed by atoms with Crippen LogP contribution in [0.25, 0.3) is 0 Å². The summed E-state index contributed by atoms with van der Waals surface area (Å²) in [6.07, 6.45) is -0.482. The van der Waals surface area contributed by atoms with Crippen LogP contribution in [0, 0.1) is 11.3 Å². The Morgan fingerprint density at radius 2 is 2.00 bits per heavy atom. The second-order valence-electron chi connectivity index (χ2n) is 4.40. The minimum absolute atomic E-state index is 0.0704. The van der Waals surface area contributed by atoms with Crippen LogP contribution in [-0.2, 0) is 19.0 Å². The van der Waals surface area contributed by atoms with Crippen LogP contribution >= 0.6 is 0 Å². The zero-order valence-corrected chi connectivity index (χ0v) is 13.0. The van der Waals surface area contributed by atoms with Crippen LogP contribution in [0.4, 0.5) is 0 Å². The summed E-state index contributed by atoms with van der Waals surface area (Å²) in [6.45, 7) is 6.00. The molecule has 7 nitrogen and oxygen atoms in total. The van der Waals surface area contributed by atoms with Crippen molar-refractivity contribution in [2.75, 3.05) is 27.4 Å². The molecule has 0 saturated heterocycles. The fourth-order valence-electron chi connectivity index (χ4n) is 1.92. The van der Waals surface area contributed by atoms with E-state index in [1.807, 2.05) is 19.9 Å². The number of nitrogens with zero attached hydrogens (tertiary/aromatic N) is 2. The Bertz CT molecular complexity index is 501. The van der Waals surface area contributed by atoms with Gasteiger partial charge in [-0.3, -0.25) is 0 Å². The van der Waals surface area contributed by atoms with Gasteiger partial charge in [-0.1, -0.05) is 0 Å².